The molecule has 1 atom stereocenters. The van der Waals surface area contributed by atoms with Gasteiger partial charge in [-0.1, -0.05) is 56.3 Å². The van der Waals surface area contributed by atoms with E-state index in [1.54, 1.807) is 0 Å². The number of ether oxygens (including phenoxy) is 1. The van der Waals surface area contributed by atoms with Crippen molar-refractivity contribution >= 4 is 46.0 Å². The van der Waals surface area contributed by atoms with E-state index in [0.29, 0.717) is 5.75 Å². The van der Waals surface area contributed by atoms with Gasteiger partial charge in [0, 0.05) is 0 Å². The van der Waals surface area contributed by atoms with E-state index >= 15 is 0 Å². The van der Waals surface area contributed by atoms with E-state index in [-0.39, 0.29) is 24.3 Å². The number of esters is 1. The minimum Gasteiger partial charge on any atom is -0.425 e. The molecule has 1 aliphatic carbocycles. The molecule has 3 nitrogen and oxygen atoms in total. The van der Waals surface area contributed by atoms with Crippen molar-refractivity contribution in [1.82, 2.24) is 0 Å². The molecule has 0 bridgehead atoms. The highest BCUT2D eigenvalue weighted by Gasteiger charge is 2.19. The minimum atomic E-state index is -0.609. The molecule has 3 aromatic rings. The second kappa shape index (κ2) is 7.10. The molecule has 0 saturated carbocycles. The molecule has 0 aromatic heterocycles. The SMILES string of the molecule is CC(C)C(N)C(=O)Oc1ccc2c(ccc3c4c(ccc32)C=CC4)c1.Cl. The summed E-state index contributed by atoms with van der Waals surface area (Å²) in [6.07, 6.45) is 5.37. The molecule has 2 N–H and O–H groups in total. The lowest BCUT2D eigenvalue weighted by molar-refractivity contribution is -0.136. The maximum atomic E-state index is 12.1. The van der Waals surface area contributed by atoms with Crippen molar-refractivity contribution in [2.45, 2.75) is 26.3 Å². The summed E-state index contributed by atoms with van der Waals surface area (Å²) in [7, 11) is 0. The fraction of sp³-hybridized carbons (Fsp3) is 0.227. The Morgan fingerprint density at radius 3 is 2.54 bits per heavy atom. The van der Waals surface area contributed by atoms with E-state index in [1.165, 1.54) is 27.3 Å². The van der Waals surface area contributed by atoms with Crippen molar-refractivity contribution in [3.05, 3.63) is 59.7 Å². The second-order valence-corrected chi connectivity index (χ2v) is 6.97. The number of benzene rings is 3. The Morgan fingerprint density at radius 1 is 1.04 bits per heavy atom. The molecule has 0 heterocycles. The van der Waals surface area contributed by atoms with Gasteiger partial charge in [0.15, 0.2) is 0 Å². The first kappa shape index (κ1) is 18.4. The fourth-order valence-electron chi connectivity index (χ4n) is 3.41. The standard InChI is InChI=1S/C22H21NO2.ClH/c1-13(2)21(23)22(24)25-16-8-11-18-15(12-16)7-10-19-17-5-3-4-14(17)6-9-20(18)19;/h3-4,6-13,21H,5,23H2,1-2H3;1H. The molecular weight excluding hydrogens is 346 g/mol. The number of fused-ring (bicyclic) bond motifs is 5. The Hall–Kier alpha value is -2.36. The zero-order valence-electron chi connectivity index (χ0n) is 14.9. The van der Waals surface area contributed by atoms with Crippen molar-refractivity contribution in [2.75, 3.05) is 0 Å². The third kappa shape index (κ3) is 3.09. The summed E-state index contributed by atoms with van der Waals surface area (Å²) < 4.78 is 5.46. The molecule has 1 aliphatic rings. The van der Waals surface area contributed by atoms with Crippen LogP contribution in [0.4, 0.5) is 0 Å². The molecular formula is C22H22ClNO2. The van der Waals surface area contributed by atoms with Crippen molar-refractivity contribution in [3.63, 3.8) is 0 Å². The smallest absolute Gasteiger partial charge is 0.328 e. The summed E-state index contributed by atoms with van der Waals surface area (Å²) in [5, 5.41) is 4.75. The molecule has 1 unspecified atom stereocenters. The Morgan fingerprint density at radius 2 is 1.77 bits per heavy atom. The Kier molecular flexibility index (Phi) is 5.03. The van der Waals surface area contributed by atoms with E-state index in [4.69, 9.17) is 10.5 Å². The van der Waals surface area contributed by atoms with Crippen LogP contribution in [0.15, 0.2) is 48.5 Å². The molecule has 3 aromatic carbocycles. The number of carbonyl (C=O) groups excluding carboxylic acids is 1. The lowest BCUT2D eigenvalue weighted by Crippen LogP contribution is -2.38. The van der Waals surface area contributed by atoms with Crippen LogP contribution in [0.3, 0.4) is 0 Å². The molecule has 26 heavy (non-hydrogen) atoms. The summed E-state index contributed by atoms with van der Waals surface area (Å²) in [6, 6.07) is 13.8. The molecule has 0 saturated heterocycles. The number of carbonyl (C=O) groups is 1. The van der Waals surface area contributed by atoms with Gasteiger partial charge in [-0.3, -0.25) is 0 Å². The number of allylic oxidation sites excluding steroid dienone is 1. The van der Waals surface area contributed by atoms with Crippen LogP contribution in [0.5, 0.6) is 5.75 Å². The highest BCUT2D eigenvalue weighted by atomic mass is 35.5. The van der Waals surface area contributed by atoms with Gasteiger partial charge in [-0.2, -0.15) is 0 Å². The number of rotatable bonds is 3. The van der Waals surface area contributed by atoms with E-state index < -0.39 is 6.04 Å². The van der Waals surface area contributed by atoms with Crippen molar-refractivity contribution in [2.24, 2.45) is 11.7 Å². The molecule has 0 fully saturated rings. The molecule has 4 heteroatoms. The van der Waals surface area contributed by atoms with Gasteiger partial charge in [-0.05, 0) is 57.1 Å². The maximum absolute atomic E-state index is 12.1. The number of nitrogens with two attached hydrogens (primary N) is 1. The van der Waals surface area contributed by atoms with Crippen LogP contribution >= 0.6 is 12.4 Å². The predicted molar refractivity (Wildman–Crippen MR) is 110 cm³/mol. The zero-order chi connectivity index (χ0) is 17.6. The van der Waals surface area contributed by atoms with Crippen LogP contribution in [0.1, 0.15) is 25.0 Å². The first-order valence-corrected chi connectivity index (χ1v) is 8.67. The van der Waals surface area contributed by atoms with Gasteiger partial charge in [0.05, 0.1) is 0 Å². The lowest BCUT2D eigenvalue weighted by atomic mass is 9.96. The highest BCUT2D eigenvalue weighted by molar-refractivity contribution is 6.10. The largest absolute Gasteiger partial charge is 0.425 e. The molecule has 0 spiro atoms. The van der Waals surface area contributed by atoms with Crippen LogP contribution in [0, 0.1) is 5.92 Å². The second-order valence-electron chi connectivity index (χ2n) is 6.97. The quantitative estimate of drug-likeness (QED) is 0.408. The van der Waals surface area contributed by atoms with Crippen LogP contribution in [0.25, 0.3) is 27.6 Å². The molecule has 0 amide bonds. The molecule has 0 radical (unpaired) electrons. The lowest BCUT2D eigenvalue weighted by Gasteiger charge is -2.15. The molecule has 134 valence electrons. The summed E-state index contributed by atoms with van der Waals surface area (Å²) >= 11 is 0. The third-order valence-corrected chi connectivity index (χ3v) is 4.96. The van der Waals surface area contributed by atoms with Crippen LogP contribution in [0.2, 0.25) is 0 Å². The van der Waals surface area contributed by atoms with Crippen LogP contribution in [-0.4, -0.2) is 12.0 Å². The van der Waals surface area contributed by atoms with Gasteiger partial charge in [0.2, 0.25) is 0 Å². The van der Waals surface area contributed by atoms with Crippen molar-refractivity contribution in [3.8, 4) is 5.75 Å². The number of hydrogen-bond acceptors (Lipinski definition) is 3. The average Bonchev–Trinajstić information content (AvgIpc) is 3.09. The topological polar surface area (TPSA) is 52.3 Å². The normalized spacial score (nSPS) is 13.7. The van der Waals surface area contributed by atoms with Crippen LogP contribution in [-0.2, 0) is 11.2 Å². The third-order valence-electron chi connectivity index (χ3n) is 4.96. The monoisotopic (exact) mass is 367 g/mol. The summed E-state index contributed by atoms with van der Waals surface area (Å²) in [5.74, 6) is 0.197. The maximum Gasteiger partial charge on any atom is 0.328 e. The van der Waals surface area contributed by atoms with Gasteiger partial charge in [-0.15, -0.1) is 12.4 Å². The number of halogens is 1. The van der Waals surface area contributed by atoms with Gasteiger partial charge in [0.25, 0.3) is 0 Å². The van der Waals surface area contributed by atoms with Gasteiger partial charge < -0.3 is 10.5 Å². The summed E-state index contributed by atoms with van der Waals surface area (Å²) in [6.45, 7) is 3.82. The van der Waals surface area contributed by atoms with Crippen LogP contribution < -0.4 is 10.5 Å². The van der Waals surface area contributed by atoms with Crippen molar-refractivity contribution < 1.29 is 9.53 Å². The summed E-state index contributed by atoms with van der Waals surface area (Å²) in [5.41, 5.74) is 8.56. The van der Waals surface area contributed by atoms with E-state index in [9.17, 15) is 4.79 Å². The van der Waals surface area contributed by atoms with E-state index in [1.807, 2.05) is 32.0 Å². The fourth-order valence-corrected chi connectivity index (χ4v) is 3.41. The Labute approximate surface area is 159 Å². The van der Waals surface area contributed by atoms with Gasteiger partial charge in [-0.25, -0.2) is 4.79 Å². The first-order valence-electron chi connectivity index (χ1n) is 8.67. The Bertz CT molecular complexity index is 1020. The van der Waals surface area contributed by atoms with Gasteiger partial charge >= 0.3 is 5.97 Å². The molecule has 4 rings (SSSR count). The average molecular weight is 368 g/mol. The summed E-state index contributed by atoms with van der Waals surface area (Å²) in [4.78, 5) is 12.1. The number of hydrogen-bond donors (Lipinski definition) is 1. The van der Waals surface area contributed by atoms with E-state index in [2.05, 4.69) is 36.4 Å². The van der Waals surface area contributed by atoms with E-state index in [0.717, 1.165) is 11.8 Å². The Balaban J connectivity index is 0.00000196. The van der Waals surface area contributed by atoms with Crippen molar-refractivity contribution in [1.29, 1.82) is 0 Å². The van der Waals surface area contributed by atoms with Gasteiger partial charge in [0.1, 0.15) is 11.8 Å². The highest BCUT2D eigenvalue weighted by Crippen LogP contribution is 2.34. The predicted octanol–water partition coefficient (Wildman–Crippen LogP) is 4.87. The minimum absolute atomic E-state index is 0. The molecule has 0 aliphatic heterocycles. The first-order chi connectivity index (χ1) is 12.0. The zero-order valence-corrected chi connectivity index (χ0v) is 15.7.